The van der Waals surface area contributed by atoms with E-state index in [-0.39, 0.29) is 5.97 Å². The van der Waals surface area contributed by atoms with Crippen molar-refractivity contribution in [2.45, 2.75) is 53.0 Å². The van der Waals surface area contributed by atoms with Crippen molar-refractivity contribution >= 4 is 11.9 Å². The zero-order valence-electron chi connectivity index (χ0n) is 17.9. The summed E-state index contributed by atoms with van der Waals surface area (Å²) in [5.41, 5.74) is 10.6. The summed E-state index contributed by atoms with van der Waals surface area (Å²) in [4.78, 5) is 24.1. The Morgan fingerprint density at radius 1 is 1.10 bits per heavy atom. The number of benzene rings is 1. The van der Waals surface area contributed by atoms with Gasteiger partial charge in [-0.2, -0.15) is 0 Å². The molecule has 1 amide bonds. The lowest BCUT2D eigenvalue weighted by atomic mass is 9.96. The van der Waals surface area contributed by atoms with Gasteiger partial charge in [-0.25, -0.2) is 4.79 Å². The number of hydrogen-bond acceptors (Lipinski definition) is 4. The van der Waals surface area contributed by atoms with E-state index in [4.69, 9.17) is 15.2 Å². The van der Waals surface area contributed by atoms with Gasteiger partial charge in [0.05, 0.1) is 18.2 Å². The molecule has 0 atom stereocenters. The first-order valence-corrected chi connectivity index (χ1v) is 10.2. The van der Waals surface area contributed by atoms with E-state index in [9.17, 15) is 9.59 Å². The van der Waals surface area contributed by atoms with Gasteiger partial charge in [-0.3, -0.25) is 4.79 Å². The van der Waals surface area contributed by atoms with E-state index in [2.05, 4.69) is 11.5 Å². The molecule has 0 saturated heterocycles. The Morgan fingerprint density at radius 3 is 2.34 bits per heavy atom. The predicted octanol–water partition coefficient (Wildman–Crippen LogP) is 4.12. The first kappa shape index (κ1) is 22.7. The Kier molecular flexibility index (Phi) is 8.46. The first-order valence-electron chi connectivity index (χ1n) is 10.2. The van der Waals surface area contributed by atoms with Crippen LogP contribution in [-0.4, -0.2) is 36.8 Å². The molecule has 0 aliphatic rings. The zero-order valence-corrected chi connectivity index (χ0v) is 17.9. The lowest BCUT2D eigenvalue weighted by Crippen LogP contribution is -2.14. The highest BCUT2D eigenvalue weighted by atomic mass is 16.5. The quantitative estimate of drug-likeness (QED) is 0.454. The molecule has 1 heterocycles. The number of ether oxygens (including phenoxy) is 2. The molecule has 0 radical (unpaired) electrons. The number of carbonyl (C=O) groups excluding carboxylic acids is 2. The van der Waals surface area contributed by atoms with Crippen LogP contribution in [0.3, 0.4) is 0 Å². The molecule has 6 heteroatoms. The Balaban J connectivity index is 2.55. The molecular weight excluding hydrogens is 368 g/mol. The minimum atomic E-state index is -0.434. The van der Waals surface area contributed by atoms with E-state index in [0.29, 0.717) is 24.3 Å². The molecular formula is C23H32N2O4. The standard InChI is InChI=1S/C23H32N2O4/c1-5-7-9-19-21(17-10-12-18(13-11-17)23(27)28-4)20(22(24)26)16(3)25(19)14-8-15-29-6-2/h10-13H,5-9,14-15H2,1-4H3,(H2,24,26). The number of hydrogen-bond donors (Lipinski definition) is 1. The summed E-state index contributed by atoms with van der Waals surface area (Å²) in [7, 11) is 1.36. The third-order valence-corrected chi connectivity index (χ3v) is 5.11. The van der Waals surface area contributed by atoms with E-state index < -0.39 is 5.91 Å². The number of rotatable bonds is 11. The largest absolute Gasteiger partial charge is 0.465 e. The number of nitrogens with zero attached hydrogens (tertiary/aromatic N) is 1. The molecule has 6 nitrogen and oxygen atoms in total. The summed E-state index contributed by atoms with van der Waals surface area (Å²) in [6, 6.07) is 7.15. The summed E-state index contributed by atoms with van der Waals surface area (Å²) in [5.74, 6) is -0.821. The van der Waals surface area contributed by atoms with Gasteiger partial charge < -0.3 is 19.8 Å². The summed E-state index contributed by atoms with van der Waals surface area (Å²) in [6.45, 7) is 8.21. The lowest BCUT2D eigenvalue weighted by molar-refractivity contribution is 0.0600. The van der Waals surface area contributed by atoms with Gasteiger partial charge in [0.1, 0.15) is 0 Å². The number of carbonyl (C=O) groups is 2. The fraction of sp³-hybridized carbons (Fsp3) is 0.478. The molecule has 0 bridgehead atoms. The average Bonchev–Trinajstić information content (AvgIpc) is 3.00. The van der Waals surface area contributed by atoms with Gasteiger partial charge in [0.2, 0.25) is 0 Å². The highest BCUT2D eigenvalue weighted by Crippen LogP contribution is 2.34. The van der Waals surface area contributed by atoms with Crippen molar-refractivity contribution in [3.63, 3.8) is 0 Å². The smallest absolute Gasteiger partial charge is 0.337 e. The zero-order chi connectivity index (χ0) is 21.4. The molecule has 29 heavy (non-hydrogen) atoms. The van der Waals surface area contributed by atoms with Crippen LogP contribution in [0.5, 0.6) is 0 Å². The van der Waals surface area contributed by atoms with Crippen molar-refractivity contribution in [1.82, 2.24) is 4.57 Å². The maximum absolute atomic E-state index is 12.4. The Labute approximate surface area is 173 Å². The van der Waals surface area contributed by atoms with Crippen LogP contribution in [-0.2, 0) is 22.4 Å². The number of esters is 1. The van der Waals surface area contributed by atoms with Gasteiger partial charge in [-0.05, 0) is 50.8 Å². The van der Waals surface area contributed by atoms with Gasteiger partial charge in [0.25, 0.3) is 5.91 Å². The van der Waals surface area contributed by atoms with Crippen LogP contribution >= 0.6 is 0 Å². The Hall–Kier alpha value is -2.60. The number of unbranched alkanes of at least 4 members (excludes halogenated alkanes) is 1. The van der Waals surface area contributed by atoms with E-state index in [1.165, 1.54) is 7.11 Å². The van der Waals surface area contributed by atoms with Crippen molar-refractivity contribution in [2.75, 3.05) is 20.3 Å². The minimum Gasteiger partial charge on any atom is -0.465 e. The number of amides is 1. The fourth-order valence-corrected chi connectivity index (χ4v) is 3.68. The van der Waals surface area contributed by atoms with Crippen LogP contribution < -0.4 is 5.73 Å². The maximum Gasteiger partial charge on any atom is 0.337 e. The van der Waals surface area contributed by atoms with Gasteiger partial charge in [-0.1, -0.05) is 25.5 Å². The van der Waals surface area contributed by atoms with Crippen LogP contribution in [0, 0.1) is 6.92 Å². The van der Waals surface area contributed by atoms with E-state index >= 15 is 0 Å². The minimum absolute atomic E-state index is 0.387. The summed E-state index contributed by atoms with van der Waals surface area (Å²) >= 11 is 0. The molecule has 2 rings (SSSR count). The number of primary amides is 1. The van der Waals surface area contributed by atoms with Crippen LogP contribution in [0.2, 0.25) is 0 Å². The molecule has 0 saturated carbocycles. The molecule has 2 N–H and O–H groups in total. The molecule has 158 valence electrons. The normalized spacial score (nSPS) is 10.9. The van der Waals surface area contributed by atoms with E-state index in [1.807, 2.05) is 26.0 Å². The molecule has 1 aromatic heterocycles. The number of methoxy groups -OCH3 is 1. The predicted molar refractivity (Wildman–Crippen MR) is 114 cm³/mol. The second kappa shape index (κ2) is 10.8. The second-order valence-electron chi connectivity index (χ2n) is 7.02. The van der Waals surface area contributed by atoms with Gasteiger partial charge in [0, 0.05) is 36.7 Å². The third-order valence-electron chi connectivity index (χ3n) is 5.11. The molecule has 0 fully saturated rings. The highest BCUT2D eigenvalue weighted by molar-refractivity contribution is 6.02. The van der Waals surface area contributed by atoms with Gasteiger partial charge in [0.15, 0.2) is 0 Å². The lowest BCUT2D eigenvalue weighted by Gasteiger charge is -2.13. The summed E-state index contributed by atoms with van der Waals surface area (Å²) in [5, 5.41) is 0. The first-order chi connectivity index (χ1) is 14.0. The third kappa shape index (κ3) is 5.26. The molecule has 0 unspecified atom stereocenters. The number of nitrogens with two attached hydrogens (primary N) is 1. The molecule has 0 spiro atoms. The maximum atomic E-state index is 12.4. The van der Waals surface area contributed by atoms with Crippen molar-refractivity contribution in [1.29, 1.82) is 0 Å². The summed E-state index contributed by atoms with van der Waals surface area (Å²) < 4.78 is 12.5. The second-order valence-corrected chi connectivity index (χ2v) is 7.02. The van der Waals surface area contributed by atoms with E-state index in [1.54, 1.807) is 12.1 Å². The van der Waals surface area contributed by atoms with Crippen molar-refractivity contribution in [2.24, 2.45) is 5.73 Å². The molecule has 0 aliphatic carbocycles. The van der Waals surface area contributed by atoms with Crippen LogP contribution in [0.25, 0.3) is 11.1 Å². The van der Waals surface area contributed by atoms with Crippen LogP contribution in [0.4, 0.5) is 0 Å². The molecule has 0 aliphatic heterocycles. The van der Waals surface area contributed by atoms with Crippen LogP contribution in [0.1, 0.15) is 65.2 Å². The average molecular weight is 401 g/mol. The SMILES string of the molecule is CCCCc1c(-c2ccc(C(=O)OC)cc2)c(C(N)=O)c(C)n1CCCOCC. The number of aromatic nitrogens is 1. The van der Waals surface area contributed by atoms with E-state index in [0.717, 1.165) is 54.7 Å². The Morgan fingerprint density at radius 2 is 1.79 bits per heavy atom. The molecule has 2 aromatic rings. The summed E-state index contributed by atoms with van der Waals surface area (Å²) in [6.07, 6.45) is 3.78. The van der Waals surface area contributed by atoms with Crippen molar-refractivity contribution < 1.29 is 19.1 Å². The highest BCUT2D eigenvalue weighted by Gasteiger charge is 2.24. The molecule has 1 aromatic carbocycles. The van der Waals surface area contributed by atoms with Gasteiger partial charge >= 0.3 is 5.97 Å². The fourth-order valence-electron chi connectivity index (χ4n) is 3.68. The Bertz CT molecular complexity index is 838. The van der Waals surface area contributed by atoms with Crippen LogP contribution in [0.15, 0.2) is 24.3 Å². The van der Waals surface area contributed by atoms with Crippen molar-refractivity contribution in [3.05, 3.63) is 46.8 Å². The monoisotopic (exact) mass is 400 g/mol. The van der Waals surface area contributed by atoms with Gasteiger partial charge in [-0.15, -0.1) is 0 Å². The van der Waals surface area contributed by atoms with Crippen molar-refractivity contribution in [3.8, 4) is 11.1 Å². The topological polar surface area (TPSA) is 83.5 Å².